The van der Waals surface area contributed by atoms with Gasteiger partial charge in [-0.2, -0.15) is 13.2 Å². The summed E-state index contributed by atoms with van der Waals surface area (Å²) in [4.78, 5) is 13.1. The summed E-state index contributed by atoms with van der Waals surface area (Å²) in [7, 11) is 3.25. The minimum atomic E-state index is -4.23. The van der Waals surface area contributed by atoms with Crippen LogP contribution in [-0.2, 0) is 0 Å². The van der Waals surface area contributed by atoms with Crippen molar-refractivity contribution in [2.45, 2.75) is 5.51 Å². The lowest BCUT2D eigenvalue weighted by Gasteiger charge is -2.13. The van der Waals surface area contributed by atoms with Crippen LogP contribution in [0.3, 0.4) is 0 Å². The van der Waals surface area contributed by atoms with Crippen molar-refractivity contribution in [3.05, 3.63) is 23.8 Å². The van der Waals surface area contributed by atoms with Crippen LogP contribution in [0.15, 0.2) is 18.2 Å². The SMILES string of the molecule is CN(C)C(=O)c1ccc(NCCSC(F)(F)F)c(N)c1. The predicted molar refractivity (Wildman–Crippen MR) is 75.9 cm³/mol. The summed E-state index contributed by atoms with van der Waals surface area (Å²) in [5, 5.41) is 2.81. The molecule has 20 heavy (non-hydrogen) atoms. The van der Waals surface area contributed by atoms with Gasteiger partial charge in [0.1, 0.15) is 0 Å². The molecule has 0 saturated heterocycles. The van der Waals surface area contributed by atoms with Crippen LogP contribution in [0.5, 0.6) is 0 Å². The number of rotatable bonds is 5. The van der Waals surface area contributed by atoms with Crippen molar-refractivity contribution in [2.24, 2.45) is 0 Å². The van der Waals surface area contributed by atoms with Crippen LogP contribution < -0.4 is 11.1 Å². The molecule has 112 valence electrons. The minimum absolute atomic E-state index is 0.0935. The Morgan fingerprint density at radius 1 is 1.40 bits per heavy atom. The van der Waals surface area contributed by atoms with Gasteiger partial charge in [-0.15, -0.1) is 0 Å². The maximum Gasteiger partial charge on any atom is 0.441 e. The quantitative estimate of drug-likeness (QED) is 0.648. The zero-order valence-corrected chi connectivity index (χ0v) is 11.9. The molecule has 1 aromatic rings. The minimum Gasteiger partial charge on any atom is -0.397 e. The number of nitrogen functional groups attached to an aromatic ring is 1. The van der Waals surface area contributed by atoms with Gasteiger partial charge in [0.05, 0.1) is 11.4 Å². The molecule has 1 rings (SSSR count). The second-order valence-electron chi connectivity index (χ2n) is 4.22. The third-order valence-electron chi connectivity index (χ3n) is 2.39. The summed E-state index contributed by atoms with van der Waals surface area (Å²) in [6.45, 7) is 0.134. The summed E-state index contributed by atoms with van der Waals surface area (Å²) in [6, 6.07) is 4.67. The van der Waals surface area contributed by atoms with Crippen molar-refractivity contribution in [1.29, 1.82) is 0 Å². The first-order valence-corrected chi connectivity index (χ1v) is 6.75. The number of anilines is 2. The van der Waals surface area contributed by atoms with Gasteiger partial charge in [-0.1, -0.05) is 0 Å². The topological polar surface area (TPSA) is 58.4 Å². The standard InChI is InChI=1S/C12H16F3N3OS/c1-18(2)11(19)8-3-4-10(9(16)7-8)17-5-6-20-12(13,14)15/h3-4,7,17H,5-6,16H2,1-2H3. The van der Waals surface area contributed by atoms with Crippen molar-refractivity contribution < 1.29 is 18.0 Å². The number of carbonyl (C=O) groups is 1. The summed E-state index contributed by atoms with van der Waals surface area (Å²) in [5.41, 5.74) is 2.82. The molecular weight excluding hydrogens is 291 g/mol. The molecule has 0 unspecified atom stereocenters. The van der Waals surface area contributed by atoms with Gasteiger partial charge >= 0.3 is 5.51 Å². The number of halogens is 3. The maximum absolute atomic E-state index is 11.9. The summed E-state index contributed by atoms with van der Waals surface area (Å²) in [5.74, 6) is -0.294. The Kier molecular flexibility index (Phi) is 5.55. The van der Waals surface area contributed by atoms with E-state index in [1.807, 2.05) is 0 Å². The normalized spacial score (nSPS) is 11.2. The summed E-state index contributed by atoms with van der Waals surface area (Å²) in [6.07, 6.45) is 0. The Balaban J connectivity index is 2.58. The second-order valence-corrected chi connectivity index (χ2v) is 5.38. The molecule has 0 aliphatic rings. The van der Waals surface area contributed by atoms with Gasteiger partial charge in [-0.3, -0.25) is 4.79 Å². The van der Waals surface area contributed by atoms with Crippen molar-refractivity contribution in [3.8, 4) is 0 Å². The van der Waals surface area contributed by atoms with Crippen molar-refractivity contribution >= 4 is 29.0 Å². The fraction of sp³-hybridized carbons (Fsp3) is 0.417. The molecule has 0 aromatic heterocycles. The smallest absolute Gasteiger partial charge is 0.397 e. The molecule has 1 aromatic carbocycles. The Hall–Kier alpha value is -1.57. The van der Waals surface area contributed by atoms with Crippen molar-refractivity contribution in [1.82, 2.24) is 4.90 Å². The molecular formula is C12H16F3N3OS. The van der Waals surface area contributed by atoms with Crippen LogP contribution in [-0.4, -0.2) is 42.7 Å². The highest BCUT2D eigenvalue weighted by molar-refractivity contribution is 8.00. The molecule has 0 bridgehead atoms. The van der Waals surface area contributed by atoms with Crippen LogP contribution in [0, 0.1) is 0 Å². The average Bonchev–Trinajstić information content (AvgIpc) is 2.33. The van der Waals surface area contributed by atoms with E-state index in [-0.39, 0.29) is 30.0 Å². The Labute approximate surface area is 119 Å². The first-order chi connectivity index (χ1) is 9.20. The number of nitrogens with one attached hydrogen (secondary N) is 1. The van der Waals surface area contributed by atoms with E-state index >= 15 is 0 Å². The van der Waals surface area contributed by atoms with Crippen molar-refractivity contribution in [3.63, 3.8) is 0 Å². The van der Waals surface area contributed by atoms with E-state index in [2.05, 4.69) is 5.32 Å². The molecule has 0 aliphatic carbocycles. The van der Waals surface area contributed by atoms with Gasteiger partial charge in [-0.25, -0.2) is 0 Å². The first-order valence-electron chi connectivity index (χ1n) is 5.76. The van der Waals surface area contributed by atoms with E-state index in [9.17, 15) is 18.0 Å². The third-order valence-corrected chi connectivity index (χ3v) is 3.12. The lowest BCUT2D eigenvalue weighted by atomic mass is 10.1. The Bertz CT molecular complexity index is 478. The molecule has 0 heterocycles. The van der Waals surface area contributed by atoms with Gasteiger partial charge in [0, 0.05) is 32.0 Å². The molecule has 3 N–H and O–H groups in total. The summed E-state index contributed by atoms with van der Waals surface area (Å²) >= 11 is -0.0935. The average molecular weight is 307 g/mol. The molecule has 4 nitrogen and oxygen atoms in total. The van der Waals surface area contributed by atoms with Crippen LogP contribution in [0.2, 0.25) is 0 Å². The fourth-order valence-corrected chi connectivity index (χ4v) is 1.90. The van der Waals surface area contributed by atoms with Crippen LogP contribution in [0.1, 0.15) is 10.4 Å². The molecule has 0 radical (unpaired) electrons. The van der Waals surface area contributed by atoms with E-state index in [1.54, 1.807) is 26.2 Å². The van der Waals surface area contributed by atoms with E-state index < -0.39 is 5.51 Å². The number of nitrogens with two attached hydrogens (primary N) is 1. The lowest BCUT2D eigenvalue weighted by Crippen LogP contribution is -2.21. The highest BCUT2D eigenvalue weighted by atomic mass is 32.2. The molecule has 0 atom stereocenters. The van der Waals surface area contributed by atoms with Crippen LogP contribution >= 0.6 is 11.8 Å². The Morgan fingerprint density at radius 3 is 2.55 bits per heavy atom. The monoisotopic (exact) mass is 307 g/mol. The number of carbonyl (C=O) groups excluding carboxylic acids is 1. The number of hydrogen-bond donors (Lipinski definition) is 2. The third kappa shape index (κ3) is 5.20. The second kappa shape index (κ2) is 6.74. The zero-order chi connectivity index (χ0) is 15.3. The number of hydrogen-bond acceptors (Lipinski definition) is 4. The number of thioether (sulfide) groups is 1. The number of amides is 1. The maximum atomic E-state index is 11.9. The highest BCUT2D eigenvalue weighted by Gasteiger charge is 2.27. The predicted octanol–water partition coefficient (Wildman–Crippen LogP) is 2.64. The van der Waals surface area contributed by atoms with Gasteiger partial charge in [0.2, 0.25) is 0 Å². The number of nitrogens with zero attached hydrogens (tertiary/aromatic N) is 1. The van der Waals surface area contributed by atoms with E-state index in [1.165, 1.54) is 11.0 Å². The van der Waals surface area contributed by atoms with Crippen LogP contribution in [0.25, 0.3) is 0 Å². The van der Waals surface area contributed by atoms with E-state index in [0.717, 1.165) is 0 Å². The molecule has 0 fully saturated rings. The largest absolute Gasteiger partial charge is 0.441 e. The van der Waals surface area contributed by atoms with Gasteiger partial charge < -0.3 is 16.0 Å². The van der Waals surface area contributed by atoms with Crippen molar-refractivity contribution in [2.75, 3.05) is 37.4 Å². The molecule has 0 saturated carbocycles. The first kappa shape index (κ1) is 16.5. The highest BCUT2D eigenvalue weighted by Crippen LogP contribution is 2.30. The Morgan fingerprint density at radius 2 is 2.05 bits per heavy atom. The van der Waals surface area contributed by atoms with Crippen LogP contribution in [0.4, 0.5) is 24.5 Å². The van der Waals surface area contributed by atoms with Gasteiger partial charge in [0.15, 0.2) is 0 Å². The van der Waals surface area contributed by atoms with E-state index in [4.69, 9.17) is 5.73 Å². The molecule has 0 spiro atoms. The molecule has 0 aliphatic heterocycles. The zero-order valence-electron chi connectivity index (χ0n) is 11.1. The molecule has 1 amide bonds. The number of alkyl halides is 3. The van der Waals surface area contributed by atoms with Gasteiger partial charge in [-0.05, 0) is 30.0 Å². The number of benzene rings is 1. The summed E-state index contributed by atoms with van der Waals surface area (Å²) < 4.78 is 35.8. The van der Waals surface area contributed by atoms with E-state index in [0.29, 0.717) is 16.9 Å². The fourth-order valence-electron chi connectivity index (χ4n) is 1.47. The molecule has 8 heteroatoms. The lowest BCUT2D eigenvalue weighted by molar-refractivity contribution is -0.0327. The van der Waals surface area contributed by atoms with Gasteiger partial charge in [0.25, 0.3) is 5.91 Å².